The molecule has 0 aromatic carbocycles. The van der Waals surface area contributed by atoms with Crippen LogP contribution in [0.1, 0.15) is 90.4 Å². The van der Waals surface area contributed by atoms with Gasteiger partial charge in [-0.1, -0.05) is 57.6 Å². The highest BCUT2D eigenvalue weighted by Gasteiger charge is 2.36. The molecule has 0 aromatic heterocycles. The number of hydrogen-bond acceptors (Lipinski definition) is 3. The Labute approximate surface area is 155 Å². The van der Waals surface area contributed by atoms with Crippen molar-refractivity contribution < 1.29 is 9.53 Å². The van der Waals surface area contributed by atoms with E-state index in [-0.39, 0.29) is 5.91 Å². The van der Waals surface area contributed by atoms with Gasteiger partial charge in [0.05, 0.1) is 12.2 Å². The summed E-state index contributed by atoms with van der Waals surface area (Å²) in [4.78, 5) is 11.5. The Balaban J connectivity index is 1.79. The van der Waals surface area contributed by atoms with Gasteiger partial charge in [-0.2, -0.15) is 0 Å². The maximum Gasteiger partial charge on any atom is 0.219 e. The standard InChI is InChI=1S/C21H40N2O2/c1-2-3-10-14-19-20(25-19)15-11-8-6-4-5-7-9-12-16-21(24)23-18-13-17-22/h8,11,19-20H,2-7,9-10,12-18,22H2,1H3,(H,23,24)/b11-8+. The van der Waals surface area contributed by atoms with Crippen LogP contribution >= 0.6 is 0 Å². The third kappa shape index (κ3) is 13.1. The lowest BCUT2D eigenvalue weighted by Gasteiger charge is -2.04. The van der Waals surface area contributed by atoms with Crippen molar-refractivity contribution >= 4 is 5.91 Å². The third-order valence-electron chi connectivity index (χ3n) is 4.79. The number of unbranched alkanes of at least 4 members (excludes halogenated alkanes) is 7. The Morgan fingerprint density at radius 3 is 2.60 bits per heavy atom. The minimum absolute atomic E-state index is 0.173. The van der Waals surface area contributed by atoms with Crippen molar-refractivity contribution in [1.82, 2.24) is 5.32 Å². The zero-order valence-corrected chi connectivity index (χ0v) is 16.3. The molecular formula is C21H40N2O2. The number of amides is 1. The van der Waals surface area contributed by atoms with E-state index in [2.05, 4.69) is 24.4 Å². The van der Waals surface area contributed by atoms with E-state index in [1.807, 2.05) is 0 Å². The molecule has 1 rings (SSSR count). The van der Waals surface area contributed by atoms with Crippen molar-refractivity contribution in [2.75, 3.05) is 13.1 Å². The van der Waals surface area contributed by atoms with Gasteiger partial charge in [-0.05, 0) is 45.1 Å². The van der Waals surface area contributed by atoms with Gasteiger partial charge in [0.2, 0.25) is 5.91 Å². The number of nitrogens with one attached hydrogen (secondary N) is 1. The fourth-order valence-electron chi connectivity index (χ4n) is 3.08. The predicted molar refractivity (Wildman–Crippen MR) is 106 cm³/mol. The molecule has 1 saturated heterocycles. The average molecular weight is 353 g/mol. The number of epoxide rings is 1. The van der Waals surface area contributed by atoms with Gasteiger partial charge in [0.15, 0.2) is 0 Å². The summed E-state index contributed by atoms with van der Waals surface area (Å²) in [6.07, 6.45) is 20.6. The van der Waals surface area contributed by atoms with E-state index in [9.17, 15) is 4.79 Å². The molecule has 0 spiro atoms. The lowest BCUT2D eigenvalue weighted by atomic mass is 10.1. The highest BCUT2D eigenvalue weighted by Crippen LogP contribution is 2.30. The van der Waals surface area contributed by atoms with Gasteiger partial charge >= 0.3 is 0 Å². The van der Waals surface area contributed by atoms with E-state index in [1.54, 1.807) is 0 Å². The van der Waals surface area contributed by atoms with Crippen LogP contribution in [-0.2, 0) is 9.53 Å². The summed E-state index contributed by atoms with van der Waals surface area (Å²) in [5.41, 5.74) is 5.40. The van der Waals surface area contributed by atoms with Crippen LogP contribution < -0.4 is 11.1 Å². The van der Waals surface area contributed by atoms with Crippen LogP contribution in [0.2, 0.25) is 0 Å². The van der Waals surface area contributed by atoms with Crippen molar-refractivity contribution in [2.45, 2.75) is 103 Å². The lowest BCUT2D eigenvalue weighted by Crippen LogP contribution is -2.25. The minimum atomic E-state index is 0.173. The molecule has 1 amide bonds. The summed E-state index contributed by atoms with van der Waals surface area (Å²) in [5.74, 6) is 0.173. The fourth-order valence-corrected chi connectivity index (χ4v) is 3.08. The topological polar surface area (TPSA) is 67.7 Å². The molecule has 0 aromatic rings. The second-order valence-corrected chi connectivity index (χ2v) is 7.21. The first-order valence-corrected chi connectivity index (χ1v) is 10.5. The van der Waals surface area contributed by atoms with E-state index >= 15 is 0 Å². The Bertz CT molecular complexity index is 358. The van der Waals surface area contributed by atoms with E-state index in [4.69, 9.17) is 10.5 Å². The maximum atomic E-state index is 11.5. The summed E-state index contributed by atoms with van der Waals surface area (Å²) in [6.45, 7) is 3.60. The minimum Gasteiger partial charge on any atom is -0.369 e. The quantitative estimate of drug-likeness (QED) is 0.230. The predicted octanol–water partition coefficient (Wildman–Crippen LogP) is 4.48. The van der Waals surface area contributed by atoms with Gasteiger partial charge in [0.25, 0.3) is 0 Å². The van der Waals surface area contributed by atoms with Crippen molar-refractivity contribution in [3.05, 3.63) is 12.2 Å². The SMILES string of the molecule is CCCCCC1OC1C/C=C/CCCCCCCC(=O)NCCCN. The maximum absolute atomic E-state index is 11.5. The van der Waals surface area contributed by atoms with E-state index < -0.39 is 0 Å². The number of carbonyl (C=O) groups is 1. The first kappa shape index (κ1) is 22.2. The smallest absolute Gasteiger partial charge is 0.219 e. The fraction of sp³-hybridized carbons (Fsp3) is 0.857. The summed E-state index contributed by atoms with van der Waals surface area (Å²) < 4.78 is 5.70. The Morgan fingerprint density at radius 1 is 1.00 bits per heavy atom. The van der Waals surface area contributed by atoms with Crippen LogP contribution in [0.3, 0.4) is 0 Å². The number of hydrogen-bond donors (Lipinski definition) is 2. The second kappa shape index (κ2) is 15.4. The number of allylic oxidation sites excluding steroid dienone is 1. The molecule has 1 heterocycles. The van der Waals surface area contributed by atoms with Crippen LogP contribution in [0, 0.1) is 0 Å². The van der Waals surface area contributed by atoms with Gasteiger partial charge in [-0.15, -0.1) is 0 Å². The molecule has 2 atom stereocenters. The van der Waals surface area contributed by atoms with Gasteiger partial charge in [-0.25, -0.2) is 0 Å². The molecule has 2 unspecified atom stereocenters. The first-order valence-electron chi connectivity index (χ1n) is 10.5. The first-order chi connectivity index (χ1) is 12.3. The molecule has 0 radical (unpaired) electrons. The molecule has 4 heteroatoms. The second-order valence-electron chi connectivity index (χ2n) is 7.21. The molecular weight excluding hydrogens is 312 g/mol. The highest BCUT2D eigenvalue weighted by atomic mass is 16.6. The van der Waals surface area contributed by atoms with Crippen molar-refractivity contribution in [1.29, 1.82) is 0 Å². The molecule has 1 aliphatic heterocycles. The normalized spacial score (nSPS) is 19.4. The summed E-state index contributed by atoms with van der Waals surface area (Å²) in [5, 5.41) is 2.90. The van der Waals surface area contributed by atoms with Crippen molar-refractivity contribution in [2.24, 2.45) is 5.73 Å². The van der Waals surface area contributed by atoms with Gasteiger partial charge in [0.1, 0.15) is 0 Å². The summed E-state index contributed by atoms with van der Waals surface area (Å²) in [7, 11) is 0. The zero-order valence-electron chi connectivity index (χ0n) is 16.3. The van der Waals surface area contributed by atoms with Crippen LogP contribution in [0.25, 0.3) is 0 Å². The number of rotatable bonds is 17. The zero-order chi connectivity index (χ0) is 18.2. The largest absolute Gasteiger partial charge is 0.369 e. The van der Waals surface area contributed by atoms with E-state index in [0.29, 0.717) is 31.7 Å². The molecule has 146 valence electrons. The Kier molecular flexibility index (Phi) is 13.6. The van der Waals surface area contributed by atoms with Crippen LogP contribution in [-0.4, -0.2) is 31.2 Å². The van der Waals surface area contributed by atoms with Crippen LogP contribution in [0.15, 0.2) is 12.2 Å². The molecule has 0 aliphatic carbocycles. The van der Waals surface area contributed by atoms with Gasteiger partial charge in [0, 0.05) is 13.0 Å². The summed E-state index contributed by atoms with van der Waals surface area (Å²) in [6, 6.07) is 0. The van der Waals surface area contributed by atoms with Gasteiger partial charge < -0.3 is 15.8 Å². The van der Waals surface area contributed by atoms with Crippen LogP contribution in [0.4, 0.5) is 0 Å². The Hall–Kier alpha value is -0.870. The number of ether oxygens (including phenoxy) is 1. The summed E-state index contributed by atoms with van der Waals surface area (Å²) >= 11 is 0. The Morgan fingerprint density at radius 2 is 1.80 bits per heavy atom. The molecule has 3 N–H and O–H groups in total. The molecule has 25 heavy (non-hydrogen) atoms. The molecule has 1 fully saturated rings. The number of carbonyl (C=O) groups excluding carboxylic acids is 1. The monoisotopic (exact) mass is 352 g/mol. The molecule has 1 aliphatic rings. The van der Waals surface area contributed by atoms with Crippen molar-refractivity contribution in [3.8, 4) is 0 Å². The molecule has 4 nitrogen and oxygen atoms in total. The molecule has 0 saturated carbocycles. The third-order valence-corrected chi connectivity index (χ3v) is 4.79. The lowest BCUT2D eigenvalue weighted by molar-refractivity contribution is -0.121. The number of nitrogens with two attached hydrogens (primary N) is 1. The van der Waals surface area contributed by atoms with Crippen molar-refractivity contribution in [3.63, 3.8) is 0 Å². The van der Waals surface area contributed by atoms with E-state index in [0.717, 1.165) is 25.7 Å². The van der Waals surface area contributed by atoms with E-state index in [1.165, 1.54) is 51.4 Å². The average Bonchev–Trinajstić information content (AvgIpc) is 3.35. The highest BCUT2D eigenvalue weighted by molar-refractivity contribution is 5.75. The molecule has 0 bridgehead atoms. The van der Waals surface area contributed by atoms with Gasteiger partial charge in [-0.3, -0.25) is 4.79 Å². The van der Waals surface area contributed by atoms with Crippen LogP contribution in [0.5, 0.6) is 0 Å².